The number of rotatable bonds is 9. The third-order valence-corrected chi connectivity index (χ3v) is 5.08. The molecule has 104 valence electrons. The van der Waals surface area contributed by atoms with Crippen LogP contribution in [0.4, 0.5) is 0 Å². The van der Waals surface area contributed by atoms with Gasteiger partial charge in [0.05, 0.1) is 0 Å². The number of allylic oxidation sites excluding steroid dienone is 1. The smallest absolute Gasteiger partial charge is 0.334 e. The molecule has 3 nitrogen and oxygen atoms in total. The van der Waals surface area contributed by atoms with Gasteiger partial charge >= 0.3 is 8.56 Å². The van der Waals surface area contributed by atoms with Crippen LogP contribution in [0, 0.1) is 0 Å². The molecule has 0 saturated carbocycles. The zero-order valence-corrected chi connectivity index (χ0v) is 13.3. The molecule has 0 aromatic heterocycles. The molecule has 0 aliphatic carbocycles. The molecular formula is C13H30O3Si. The van der Waals surface area contributed by atoms with Gasteiger partial charge in [-0.3, -0.25) is 0 Å². The summed E-state index contributed by atoms with van der Waals surface area (Å²) >= 11 is 0. The Labute approximate surface area is 108 Å². The van der Waals surface area contributed by atoms with E-state index in [9.17, 15) is 0 Å². The SMILES string of the molecule is C=CC.CCOCCC[Si](C)(OCC)OCC. The minimum absolute atomic E-state index is 0.747. The molecule has 0 rings (SSSR count). The van der Waals surface area contributed by atoms with Crippen LogP contribution < -0.4 is 0 Å². The molecule has 4 heteroatoms. The van der Waals surface area contributed by atoms with Crippen LogP contribution in [0.3, 0.4) is 0 Å². The Kier molecular flexibility index (Phi) is 15.7. The second kappa shape index (κ2) is 13.9. The van der Waals surface area contributed by atoms with E-state index in [2.05, 4.69) is 13.1 Å². The maximum atomic E-state index is 5.71. The quantitative estimate of drug-likeness (QED) is 0.360. The highest BCUT2D eigenvalue weighted by atomic mass is 28.4. The van der Waals surface area contributed by atoms with Crippen LogP contribution in [-0.4, -0.2) is 35.0 Å². The Balaban J connectivity index is 0. The van der Waals surface area contributed by atoms with Crippen LogP contribution in [0.2, 0.25) is 12.6 Å². The molecule has 0 unspecified atom stereocenters. The van der Waals surface area contributed by atoms with Crippen molar-refractivity contribution in [2.24, 2.45) is 0 Å². The van der Waals surface area contributed by atoms with Gasteiger partial charge in [0, 0.05) is 26.4 Å². The second-order valence-electron chi connectivity index (χ2n) is 3.71. The lowest BCUT2D eigenvalue weighted by molar-refractivity contribution is 0.140. The van der Waals surface area contributed by atoms with E-state index < -0.39 is 8.56 Å². The summed E-state index contributed by atoms with van der Waals surface area (Å²) in [7, 11) is -1.88. The summed E-state index contributed by atoms with van der Waals surface area (Å²) in [6.07, 6.45) is 2.79. The Morgan fingerprint density at radius 2 is 1.53 bits per heavy atom. The summed E-state index contributed by atoms with van der Waals surface area (Å²) in [5.74, 6) is 0. The predicted molar refractivity (Wildman–Crippen MR) is 76.7 cm³/mol. The molecule has 0 saturated heterocycles. The van der Waals surface area contributed by atoms with Gasteiger partial charge in [-0.25, -0.2) is 0 Å². The van der Waals surface area contributed by atoms with Crippen molar-refractivity contribution in [2.45, 2.75) is 46.7 Å². The van der Waals surface area contributed by atoms with Crippen molar-refractivity contribution in [1.82, 2.24) is 0 Å². The van der Waals surface area contributed by atoms with Crippen molar-refractivity contribution in [1.29, 1.82) is 0 Å². The van der Waals surface area contributed by atoms with Crippen molar-refractivity contribution in [3.63, 3.8) is 0 Å². The highest BCUT2D eigenvalue weighted by Crippen LogP contribution is 2.15. The summed E-state index contributed by atoms with van der Waals surface area (Å²) in [4.78, 5) is 0. The Hall–Kier alpha value is -0.163. The maximum absolute atomic E-state index is 5.71. The minimum Gasteiger partial charge on any atom is -0.395 e. The van der Waals surface area contributed by atoms with E-state index in [0.29, 0.717) is 0 Å². The first-order valence-electron chi connectivity index (χ1n) is 6.52. The van der Waals surface area contributed by atoms with E-state index in [-0.39, 0.29) is 0 Å². The van der Waals surface area contributed by atoms with Crippen molar-refractivity contribution in [3.05, 3.63) is 12.7 Å². The molecule has 0 atom stereocenters. The zero-order chi connectivity index (χ0) is 13.6. The fraction of sp³-hybridized carbons (Fsp3) is 0.846. The van der Waals surface area contributed by atoms with Crippen LogP contribution in [0.1, 0.15) is 34.1 Å². The summed E-state index contributed by atoms with van der Waals surface area (Å²) < 4.78 is 16.7. The Bertz CT molecular complexity index is 157. The average molecular weight is 262 g/mol. The first-order chi connectivity index (χ1) is 8.10. The summed E-state index contributed by atoms with van der Waals surface area (Å²) in [5, 5.41) is 0. The summed E-state index contributed by atoms with van der Waals surface area (Å²) in [6, 6.07) is 1.02. The average Bonchev–Trinajstić information content (AvgIpc) is 2.26. The van der Waals surface area contributed by atoms with Gasteiger partial charge in [-0.1, -0.05) is 6.08 Å². The second-order valence-corrected chi connectivity index (χ2v) is 7.05. The van der Waals surface area contributed by atoms with E-state index in [0.717, 1.165) is 38.9 Å². The van der Waals surface area contributed by atoms with Crippen LogP contribution in [0.25, 0.3) is 0 Å². The molecule has 0 amide bonds. The van der Waals surface area contributed by atoms with E-state index >= 15 is 0 Å². The van der Waals surface area contributed by atoms with Gasteiger partial charge in [0.25, 0.3) is 0 Å². The van der Waals surface area contributed by atoms with Gasteiger partial charge < -0.3 is 13.6 Å². The standard InChI is InChI=1S/C10H24O3Si.C3H6/c1-5-11-9-8-10-14(4,12-6-2)13-7-3;1-3-2/h5-10H2,1-4H3;3H,1H2,2H3. The number of hydrogen-bond donors (Lipinski definition) is 0. The topological polar surface area (TPSA) is 27.7 Å². The number of hydrogen-bond acceptors (Lipinski definition) is 3. The lowest BCUT2D eigenvalue weighted by Gasteiger charge is -2.25. The fourth-order valence-electron chi connectivity index (χ4n) is 1.44. The van der Waals surface area contributed by atoms with E-state index in [1.54, 1.807) is 6.08 Å². The van der Waals surface area contributed by atoms with E-state index in [4.69, 9.17) is 13.6 Å². The fourth-order valence-corrected chi connectivity index (χ4v) is 3.82. The van der Waals surface area contributed by atoms with Crippen molar-refractivity contribution in [3.8, 4) is 0 Å². The van der Waals surface area contributed by atoms with Crippen LogP contribution in [0.15, 0.2) is 12.7 Å². The first kappa shape index (κ1) is 19.2. The summed E-state index contributed by atoms with van der Waals surface area (Å²) in [6.45, 7) is 16.5. The number of ether oxygens (including phenoxy) is 1. The molecule has 17 heavy (non-hydrogen) atoms. The highest BCUT2D eigenvalue weighted by molar-refractivity contribution is 6.66. The molecule has 0 aliphatic heterocycles. The summed E-state index contributed by atoms with van der Waals surface area (Å²) in [5.41, 5.74) is 0. The minimum atomic E-state index is -1.88. The van der Waals surface area contributed by atoms with Gasteiger partial charge in [-0.15, -0.1) is 6.58 Å². The Morgan fingerprint density at radius 1 is 1.06 bits per heavy atom. The third kappa shape index (κ3) is 13.8. The molecule has 0 radical (unpaired) electrons. The normalized spacial score (nSPS) is 10.6. The lowest BCUT2D eigenvalue weighted by Crippen LogP contribution is -2.38. The third-order valence-electron chi connectivity index (χ3n) is 2.02. The first-order valence-corrected chi connectivity index (χ1v) is 9.05. The largest absolute Gasteiger partial charge is 0.395 e. The highest BCUT2D eigenvalue weighted by Gasteiger charge is 2.29. The van der Waals surface area contributed by atoms with E-state index in [1.807, 2.05) is 27.7 Å². The van der Waals surface area contributed by atoms with Gasteiger partial charge in [-0.2, -0.15) is 0 Å². The molecule has 0 aliphatic rings. The maximum Gasteiger partial charge on any atom is 0.334 e. The van der Waals surface area contributed by atoms with Gasteiger partial charge in [0.1, 0.15) is 0 Å². The molecule has 0 fully saturated rings. The van der Waals surface area contributed by atoms with Gasteiger partial charge in [-0.05, 0) is 46.7 Å². The van der Waals surface area contributed by atoms with Gasteiger partial charge in [0.15, 0.2) is 0 Å². The Morgan fingerprint density at radius 3 is 1.88 bits per heavy atom. The van der Waals surface area contributed by atoms with Crippen LogP contribution >= 0.6 is 0 Å². The van der Waals surface area contributed by atoms with Crippen LogP contribution in [0.5, 0.6) is 0 Å². The molecule has 0 N–H and O–H groups in total. The molecule has 0 aromatic rings. The monoisotopic (exact) mass is 262 g/mol. The van der Waals surface area contributed by atoms with Crippen molar-refractivity contribution < 1.29 is 13.6 Å². The molecule has 0 bridgehead atoms. The van der Waals surface area contributed by atoms with Crippen molar-refractivity contribution >= 4 is 8.56 Å². The predicted octanol–water partition coefficient (Wildman–Crippen LogP) is 3.75. The van der Waals surface area contributed by atoms with E-state index in [1.165, 1.54) is 0 Å². The molecule has 0 spiro atoms. The lowest BCUT2D eigenvalue weighted by atomic mass is 10.5. The van der Waals surface area contributed by atoms with Gasteiger partial charge in [0.2, 0.25) is 0 Å². The van der Waals surface area contributed by atoms with Crippen LogP contribution in [-0.2, 0) is 13.6 Å². The molecule has 0 heterocycles. The molecular weight excluding hydrogens is 232 g/mol. The zero-order valence-electron chi connectivity index (χ0n) is 12.3. The van der Waals surface area contributed by atoms with Crippen molar-refractivity contribution in [2.75, 3.05) is 26.4 Å². The molecule has 0 aromatic carbocycles.